The predicted molar refractivity (Wildman–Crippen MR) is 181 cm³/mol. The molecule has 0 saturated carbocycles. The van der Waals surface area contributed by atoms with Crippen LogP contribution < -0.4 is 10.6 Å². The molecular formula is C34H28Cl2N6O4. The van der Waals surface area contributed by atoms with Crippen molar-refractivity contribution in [3.63, 3.8) is 0 Å². The van der Waals surface area contributed by atoms with Crippen molar-refractivity contribution in [2.24, 2.45) is 0 Å². The molecule has 0 atom stereocenters. The molecule has 4 heterocycles. The number of aromatic nitrogens is 4. The maximum atomic E-state index is 12.3. The topological polar surface area (TPSA) is 139 Å². The maximum Gasteiger partial charge on any atom is 0.341 e. The first kappa shape index (κ1) is 32.1. The SMILES string of the molecule is CCOC(=O)c1cnc2ccc(Cl)nc2c1Nc1cccc(C)c1.Cc1cccc(Nc2c(C(=O)O)cnc3ccc(Cl)nc23)c1. The number of ether oxygens (including phenoxy) is 1. The highest BCUT2D eigenvalue weighted by Gasteiger charge is 2.19. The Kier molecular flexibility index (Phi) is 9.90. The third-order valence-electron chi connectivity index (χ3n) is 6.66. The molecule has 0 fully saturated rings. The van der Waals surface area contributed by atoms with Crippen molar-refractivity contribution in [3.8, 4) is 0 Å². The number of aromatic carboxylic acids is 1. The molecule has 2 aromatic carbocycles. The van der Waals surface area contributed by atoms with Crippen LogP contribution in [-0.4, -0.2) is 43.6 Å². The third kappa shape index (κ3) is 7.48. The van der Waals surface area contributed by atoms with Gasteiger partial charge < -0.3 is 20.5 Å². The highest BCUT2D eigenvalue weighted by molar-refractivity contribution is 6.30. The smallest absolute Gasteiger partial charge is 0.341 e. The monoisotopic (exact) mass is 654 g/mol. The number of carboxylic acid groups (broad SMARTS) is 1. The number of fused-ring (bicyclic) bond motifs is 2. The number of halogens is 2. The number of aryl methyl sites for hydroxylation is 2. The molecule has 0 saturated heterocycles. The Morgan fingerprint density at radius 1 is 0.739 bits per heavy atom. The third-order valence-corrected chi connectivity index (χ3v) is 7.08. The zero-order valence-corrected chi connectivity index (χ0v) is 26.5. The molecule has 0 amide bonds. The predicted octanol–water partition coefficient (Wildman–Crippen LogP) is 8.55. The van der Waals surface area contributed by atoms with E-state index < -0.39 is 11.9 Å². The summed E-state index contributed by atoms with van der Waals surface area (Å²) in [5, 5.41) is 16.4. The van der Waals surface area contributed by atoms with Crippen molar-refractivity contribution in [1.82, 2.24) is 19.9 Å². The summed E-state index contributed by atoms with van der Waals surface area (Å²) in [6.07, 6.45) is 2.81. The van der Waals surface area contributed by atoms with Crippen molar-refractivity contribution in [3.05, 3.63) is 118 Å². The lowest BCUT2D eigenvalue weighted by atomic mass is 10.1. The van der Waals surface area contributed by atoms with E-state index >= 15 is 0 Å². The number of nitrogens with zero attached hydrogens (tertiary/aromatic N) is 4. The molecule has 0 unspecified atom stereocenters. The number of hydrogen-bond acceptors (Lipinski definition) is 9. The van der Waals surface area contributed by atoms with Crippen LogP contribution in [0.15, 0.2) is 85.2 Å². The standard InChI is InChI=1S/C18H16ClN3O2.C16H12ClN3O2/c1-3-24-18(23)13-10-20-14-7-8-15(19)22-17(14)16(13)21-12-6-4-5-11(2)9-12;1-9-3-2-4-10(7-9)19-14-11(16(21)22)8-18-12-5-6-13(17)20-15(12)14/h4-10H,3H2,1-2H3,(H,20,21);2-8H,1H3,(H,18,19)(H,21,22). The molecule has 0 radical (unpaired) electrons. The second kappa shape index (κ2) is 14.2. The second-order valence-corrected chi connectivity index (χ2v) is 10.9. The number of carbonyl (C=O) groups excluding carboxylic acids is 1. The summed E-state index contributed by atoms with van der Waals surface area (Å²) in [6, 6.07) is 22.2. The van der Waals surface area contributed by atoms with E-state index in [0.717, 1.165) is 22.5 Å². The van der Waals surface area contributed by atoms with E-state index in [4.69, 9.17) is 27.9 Å². The summed E-state index contributed by atoms with van der Waals surface area (Å²) in [6.45, 7) is 6.00. The summed E-state index contributed by atoms with van der Waals surface area (Å²) >= 11 is 12.0. The van der Waals surface area contributed by atoms with Crippen LogP contribution in [0.1, 0.15) is 38.8 Å². The van der Waals surface area contributed by atoms with E-state index in [-0.39, 0.29) is 17.3 Å². The van der Waals surface area contributed by atoms with Gasteiger partial charge in [-0.3, -0.25) is 9.97 Å². The number of benzene rings is 2. The van der Waals surface area contributed by atoms with Crippen LogP contribution in [0.5, 0.6) is 0 Å². The fraction of sp³-hybridized carbons (Fsp3) is 0.118. The minimum absolute atomic E-state index is 0.0452. The molecule has 0 aliphatic heterocycles. The average Bonchev–Trinajstić information content (AvgIpc) is 3.02. The fourth-order valence-corrected chi connectivity index (χ4v) is 4.89. The highest BCUT2D eigenvalue weighted by atomic mass is 35.5. The van der Waals surface area contributed by atoms with Gasteiger partial charge >= 0.3 is 11.9 Å². The lowest BCUT2D eigenvalue weighted by Crippen LogP contribution is -2.09. The number of carboxylic acids is 1. The molecule has 0 spiro atoms. The van der Waals surface area contributed by atoms with Gasteiger partial charge in [-0.25, -0.2) is 19.6 Å². The van der Waals surface area contributed by atoms with Crippen molar-refractivity contribution in [2.45, 2.75) is 20.8 Å². The van der Waals surface area contributed by atoms with Gasteiger partial charge in [0.15, 0.2) is 0 Å². The van der Waals surface area contributed by atoms with Gasteiger partial charge in [0, 0.05) is 23.8 Å². The van der Waals surface area contributed by atoms with E-state index in [1.807, 2.05) is 62.4 Å². The van der Waals surface area contributed by atoms with Gasteiger partial charge in [0.2, 0.25) is 0 Å². The van der Waals surface area contributed by atoms with Gasteiger partial charge in [-0.05, 0) is 80.4 Å². The zero-order chi connectivity index (χ0) is 32.8. The molecule has 6 aromatic rings. The molecule has 46 heavy (non-hydrogen) atoms. The quantitative estimate of drug-likeness (QED) is 0.113. The highest BCUT2D eigenvalue weighted by Crippen LogP contribution is 2.31. The lowest BCUT2D eigenvalue weighted by molar-refractivity contribution is 0.0526. The largest absolute Gasteiger partial charge is 0.478 e. The number of hydrogen-bond donors (Lipinski definition) is 3. The number of carbonyl (C=O) groups is 2. The van der Waals surface area contributed by atoms with Gasteiger partial charge in [0.1, 0.15) is 32.5 Å². The van der Waals surface area contributed by atoms with E-state index in [1.54, 1.807) is 31.2 Å². The summed E-state index contributed by atoms with van der Waals surface area (Å²) in [4.78, 5) is 40.7. The number of esters is 1. The summed E-state index contributed by atoms with van der Waals surface area (Å²) in [7, 11) is 0. The molecular weight excluding hydrogens is 627 g/mol. The summed E-state index contributed by atoms with van der Waals surface area (Å²) < 4.78 is 5.13. The Bertz CT molecular complexity index is 2090. The zero-order valence-electron chi connectivity index (χ0n) is 25.0. The van der Waals surface area contributed by atoms with E-state index in [9.17, 15) is 14.7 Å². The lowest BCUT2D eigenvalue weighted by Gasteiger charge is -2.14. The number of nitrogens with one attached hydrogen (secondary N) is 2. The van der Waals surface area contributed by atoms with Gasteiger partial charge in [-0.15, -0.1) is 0 Å². The average molecular weight is 656 g/mol. The van der Waals surface area contributed by atoms with Crippen molar-refractivity contribution >= 4 is 80.0 Å². The van der Waals surface area contributed by atoms with Gasteiger partial charge in [0.25, 0.3) is 0 Å². The first-order valence-corrected chi connectivity index (χ1v) is 14.9. The van der Waals surface area contributed by atoms with Crippen LogP contribution in [0.3, 0.4) is 0 Å². The molecule has 232 valence electrons. The minimum Gasteiger partial charge on any atom is -0.478 e. The van der Waals surface area contributed by atoms with Crippen LogP contribution in [0.4, 0.5) is 22.7 Å². The van der Waals surface area contributed by atoms with Crippen LogP contribution >= 0.6 is 23.2 Å². The summed E-state index contributed by atoms with van der Waals surface area (Å²) in [5.74, 6) is -1.53. The van der Waals surface area contributed by atoms with Gasteiger partial charge in [0.05, 0.1) is 29.0 Å². The van der Waals surface area contributed by atoms with E-state index in [2.05, 4.69) is 30.6 Å². The van der Waals surface area contributed by atoms with Crippen LogP contribution in [0.2, 0.25) is 10.3 Å². The van der Waals surface area contributed by atoms with E-state index in [1.165, 1.54) is 12.4 Å². The fourth-order valence-electron chi connectivity index (χ4n) is 4.60. The Hall–Kier alpha value is -5.32. The first-order chi connectivity index (χ1) is 22.1. The molecule has 0 aliphatic carbocycles. The van der Waals surface area contributed by atoms with Crippen LogP contribution in [-0.2, 0) is 4.74 Å². The molecule has 4 aromatic heterocycles. The number of rotatable bonds is 7. The Labute approximate surface area is 274 Å². The number of pyridine rings is 4. The van der Waals surface area contributed by atoms with Gasteiger partial charge in [-0.2, -0.15) is 0 Å². The van der Waals surface area contributed by atoms with Crippen LogP contribution in [0, 0.1) is 13.8 Å². The Morgan fingerprint density at radius 3 is 1.67 bits per heavy atom. The number of anilines is 4. The van der Waals surface area contributed by atoms with Crippen LogP contribution in [0.25, 0.3) is 22.1 Å². The molecule has 3 N–H and O–H groups in total. The second-order valence-electron chi connectivity index (χ2n) is 10.1. The molecule has 0 bridgehead atoms. The molecule has 12 heteroatoms. The van der Waals surface area contributed by atoms with Crippen molar-refractivity contribution in [1.29, 1.82) is 0 Å². The normalized spacial score (nSPS) is 10.6. The molecule has 10 nitrogen and oxygen atoms in total. The Morgan fingerprint density at radius 2 is 1.22 bits per heavy atom. The van der Waals surface area contributed by atoms with E-state index in [0.29, 0.717) is 44.2 Å². The van der Waals surface area contributed by atoms with Gasteiger partial charge in [-0.1, -0.05) is 47.5 Å². The molecule has 6 rings (SSSR count). The Balaban J connectivity index is 0.000000182. The maximum absolute atomic E-state index is 12.3. The minimum atomic E-state index is -1.08. The van der Waals surface area contributed by atoms with Crippen molar-refractivity contribution in [2.75, 3.05) is 17.2 Å². The molecule has 0 aliphatic rings. The van der Waals surface area contributed by atoms with Crippen molar-refractivity contribution < 1.29 is 19.4 Å². The summed E-state index contributed by atoms with van der Waals surface area (Å²) in [5.41, 5.74) is 7.22. The first-order valence-electron chi connectivity index (χ1n) is 14.1.